The van der Waals surface area contributed by atoms with Crippen molar-refractivity contribution < 1.29 is 8.42 Å². The Morgan fingerprint density at radius 1 is 1.16 bits per heavy atom. The van der Waals surface area contributed by atoms with E-state index in [0.717, 1.165) is 19.4 Å². The number of nitrogens with one attached hydrogen (secondary N) is 1. The Morgan fingerprint density at radius 3 is 2.32 bits per heavy atom. The van der Waals surface area contributed by atoms with Gasteiger partial charge in [-0.1, -0.05) is 40.0 Å². The maximum atomic E-state index is 12.3. The minimum Gasteiger partial charge on any atom is -0.313 e. The van der Waals surface area contributed by atoms with Crippen LogP contribution in [-0.2, 0) is 9.84 Å². The van der Waals surface area contributed by atoms with E-state index in [1.165, 1.54) is 25.7 Å². The molecular formula is C15H31NO2S. The second kappa shape index (κ2) is 8.25. The third-order valence-corrected chi connectivity index (χ3v) is 6.24. The molecule has 1 fully saturated rings. The molecule has 0 aromatic rings. The predicted molar refractivity (Wildman–Crippen MR) is 82.1 cm³/mol. The molecule has 3 nitrogen and oxygen atoms in total. The first-order chi connectivity index (χ1) is 8.98. The van der Waals surface area contributed by atoms with Crippen molar-refractivity contribution in [2.75, 3.05) is 18.1 Å². The summed E-state index contributed by atoms with van der Waals surface area (Å²) in [4.78, 5) is 0. The van der Waals surface area contributed by atoms with E-state index in [9.17, 15) is 8.42 Å². The molecule has 1 N–H and O–H groups in total. The maximum absolute atomic E-state index is 12.3. The Morgan fingerprint density at radius 2 is 1.79 bits per heavy atom. The molecule has 19 heavy (non-hydrogen) atoms. The highest BCUT2D eigenvalue weighted by Crippen LogP contribution is 2.28. The van der Waals surface area contributed by atoms with E-state index in [2.05, 4.69) is 19.2 Å². The van der Waals surface area contributed by atoms with E-state index in [4.69, 9.17) is 0 Å². The van der Waals surface area contributed by atoms with Crippen LogP contribution < -0.4 is 5.32 Å². The van der Waals surface area contributed by atoms with Crippen LogP contribution in [0.5, 0.6) is 0 Å². The van der Waals surface area contributed by atoms with Gasteiger partial charge in [-0.05, 0) is 37.6 Å². The van der Waals surface area contributed by atoms with Gasteiger partial charge in [0.05, 0.1) is 11.5 Å². The van der Waals surface area contributed by atoms with Gasteiger partial charge in [-0.2, -0.15) is 0 Å². The van der Waals surface area contributed by atoms with Gasteiger partial charge in [0.15, 0.2) is 9.84 Å². The monoisotopic (exact) mass is 289 g/mol. The van der Waals surface area contributed by atoms with E-state index in [1.807, 2.05) is 6.92 Å². The fourth-order valence-electron chi connectivity index (χ4n) is 2.94. The van der Waals surface area contributed by atoms with Crippen molar-refractivity contribution in [3.8, 4) is 0 Å². The molecule has 0 amide bonds. The number of sulfone groups is 1. The van der Waals surface area contributed by atoms with Crippen molar-refractivity contribution in [1.29, 1.82) is 0 Å². The van der Waals surface area contributed by atoms with Crippen molar-refractivity contribution in [3.05, 3.63) is 0 Å². The van der Waals surface area contributed by atoms with Gasteiger partial charge in [0.2, 0.25) is 0 Å². The highest BCUT2D eigenvalue weighted by molar-refractivity contribution is 7.91. The second-order valence-electron chi connectivity index (χ2n) is 6.20. The van der Waals surface area contributed by atoms with Crippen LogP contribution in [0.15, 0.2) is 0 Å². The summed E-state index contributed by atoms with van der Waals surface area (Å²) in [5.41, 5.74) is 0. The maximum Gasteiger partial charge on any atom is 0.152 e. The fraction of sp³-hybridized carbons (Fsp3) is 1.00. The molecular weight excluding hydrogens is 258 g/mol. The Hall–Kier alpha value is -0.0900. The van der Waals surface area contributed by atoms with Gasteiger partial charge >= 0.3 is 0 Å². The zero-order chi connectivity index (χ0) is 14.3. The Labute approximate surface area is 119 Å². The lowest BCUT2D eigenvalue weighted by atomic mass is 10.00. The standard InChI is InChI=1S/C15H31NO2S/c1-4-10-16-15(14-8-6-7-9-14)12-19(17,18)11-13(3)5-2/h13-16H,4-12H2,1-3H3. The molecule has 0 radical (unpaired) electrons. The van der Waals surface area contributed by atoms with Gasteiger partial charge in [-0.3, -0.25) is 0 Å². The van der Waals surface area contributed by atoms with Gasteiger partial charge in [-0.15, -0.1) is 0 Å². The van der Waals surface area contributed by atoms with Crippen LogP contribution >= 0.6 is 0 Å². The van der Waals surface area contributed by atoms with Crippen LogP contribution in [0.1, 0.15) is 59.3 Å². The van der Waals surface area contributed by atoms with Crippen LogP contribution in [0.25, 0.3) is 0 Å². The van der Waals surface area contributed by atoms with Crippen LogP contribution in [0.3, 0.4) is 0 Å². The molecule has 0 aliphatic heterocycles. The summed E-state index contributed by atoms with van der Waals surface area (Å²) >= 11 is 0. The molecule has 0 heterocycles. The third kappa shape index (κ3) is 6.26. The van der Waals surface area contributed by atoms with Crippen molar-refractivity contribution >= 4 is 9.84 Å². The van der Waals surface area contributed by atoms with Crippen molar-refractivity contribution in [2.24, 2.45) is 11.8 Å². The average Bonchev–Trinajstić information content (AvgIpc) is 2.87. The molecule has 0 saturated heterocycles. The smallest absolute Gasteiger partial charge is 0.152 e. The highest BCUT2D eigenvalue weighted by Gasteiger charge is 2.29. The molecule has 4 heteroatoms. The summed E-state index contributed by atoms with van der Waals surface area (Å²) in [6, 6.07) is 0.177. The molecule has 1 aliphatic rings. The molecule has 1 rings (SSSR count). The Balaban J connectivity index is 2.59. The zero-order valence-corrected chi connectivity index (χ0v) is 13.6. The normalized spacial score (nSPS) is 20.6. The predicted octanol–water partition coefficient (Wildman–Crippen LogP) is 3.01. The van der Waals surface area contributed by atoms with Gasteiger partial charge in [0.1, 0.15) is 0 Å². The summed E-state index contributed by atoms with van der Waals surface area (Å²) in [6.45, 7) is 7.15. The summed E-state index contributed by atoms with van der Waals surface area (Å²) in [7, 11) is -2.92. The van der Waals surface area contributed by atoms with E-state index < -0.39 is 9.84 Å². The van der Waals surface area contributed by atoms with Gasteiger partial charge < -0.3 is 5.32 Å². The Bertz CT molecular complexity index is 334. The molecule has 0 aromatic carbocycles. The molecule has 0 aromatic heterocycles. The van der Waals surface area contributed by atoms with E-state index in [1.54, 1.807) is 0 Å². The minimum atomic E-state index is -2.92. The summed E-state index contributed by atoms with van der Waals surface area (Å²) < 4.78 is 24.6. The molecule has 0 bridgehead atoms. The number of rotatable bonds is 9. The quantitative estimate of drug-likeness (QED) is 0.710. The van der Waals surface area contributed by atoms with Gasteiger partial charge in [0, 0.05) is 6.04 Å². The third-order valence-electron chi connectivity index (χ3n) is 4.29. The number of hydrogen-bond acceptors (Lipinski definition) is 3. The van der Waals surface area contributed by atoms with Crippen LogP contribution in [0, 0.1) is 11.8 Å². The van der Waals surface area contributed by atoms with Crippen LogP contribution in [0.4, 0.5) is 0 Å². The fourth-order valence-corrected chi connectivity index (χ4v) is 5.12. The van der Waals surface area contributed by atoms with Crippen molar-refractivity contribution in [1.82, 2.24) is 5.32 Å². The second-order valence-corrected chi connectivity index (χ2v) is 8.35. The highest BCUT2D eigenvalue weighted by atomic mass is 32.2. The largest absolute Gasteiger partial charge is 0.313 e. The molecule has 1 aliphatic carbocycles. The van der Waals surface area contributed by atoms with E-state index in [-0.39, 0.29) is 12.0 Å². The summed E-state index contributed by atoms with van der Waals surface area (Å²) in [6.07, 6.45) is 6.92. The van der Waals surface area contributed by atoms with Crippen LogP contribution in [-0.4, -0.2) is 32.5 Å². The van der Waals surface area contributed by atoms with Gasteiger partial charge in [-0.25, -0.2) is 8.42 Å². The molecule has 2 unspecified atom stereocenters. The molecule has 0 spiro atoms. The SMILES string of the molecule is CCCNC(CS(=O)(=O)CC(C)CC)C1CCCC1. The first-order valence-corrected chi connectivity index (χ1v) is 9.74. The first-order valence-electron chi connectivity index (χ1n) is 7.92. The first kappa shape index (κ1) is 17.0. The molecule has 1 saturated carbocycles. The average molecular weight is 289 g/mol. The number of hydrogen-bond donors (Lipinski definition) is 1. The minimum absolute atomic E-state index is 0.177. The van der Waals surface area contributed by atoms with Gasteiger partial charge in [0.25, 0.3) is 0 Å². The van der Waals surface area contributed by atoms with E-state index >= 15 is 0 Å². The molecule has 114 valence electrons. The summed E-state index contributed by atoms with van der Waals surface area (Å²) in [5, 5.41) is 3.48. The Kier molecular flexibility index (Phi) is 7.37. The zero-order valence-electron chi connectivity index (χ0n) is 12.8. The van der Waals surface area contributed by atoms with Crippen molar-refractivity contribution in [2.45, 2.75) is 65.3 Å². The van der Waals surface area contributed by atoms with E-state index in [0.29, 0.717) is 17.4 Å². The van der Waals surface area contributed by atoms with Crippen LogP contribution in [0.2, 0.25) is 0 Å². The van der Waals surface area contributed by atoms with Crippen molar-refractivity contribution in [3.63, 3.8) is 0 Å². The lowest BCUT2D eigenvalue weighted by Crippen LogP contribution is -2.42. The lowest BCUT2D eigenvalue weighted by molar-refractivity contribution is 0.382. The lowest BCUT2D eigenvalue weighted by Gasteiger charge is -2.25. The topological polar surface area (TPSA) is 46.2 Å². The molecule has 2 atom stereocenters. The summed E-state index contributed by atoms with van der Waals surface area (Å²) in [5.74, 6) is 1.53.